The normalized spacial score (nSPS) is 11.8. The first kappa shape index (κ1) is 23.1. The Morgan fingerprint density at radius 2 is 1.00 bits per heavy atom. The van der Waals surface area contributed by atoms with Gasteiger partial charge in [0.25, 0.3) is 0 Å². The van der Waals surface area contributed by atoms with Gasteiger partial charge in [0.05, 0.1) is 26.1 Å². The van der Waals surface area contributed by atoms with Crippen LogP contribution in [-0.2, 0) is 19.1 Å². The van der Waals surface area contributed by atoms with E-state index >= 15 is 0 Å². The molecule has 0 aromatic rings. The summed E-state index contributed by atoms with van der Waals surface area (Å²) in [6, 6.07) is 0. The van der Waals surface area contributed by atoms with Crippen LogP contribution in [0.25, 0.3) is 0 Å². The summed E-state index contributed by atoms with van der Waals surface area (Å²) < 4.78 is 8.93. The molecule has 0 N–H and O–H groups in total. The van der Waals surface area contributed by atoms with Crippen LogP contribution in [0.5, 0.6) is 0 Å². The molecule has 19 heavy (non-hydrogen) atoms. The van der Waals surface area contributed by atoms with Crippen molar-refractivity contribution in [3.05, 3.63) is 0 Å². The van der Waals surface area contributed by atoms with Crippen molar-refractivity contribution in [1.82, 2.24) is 0 Å². The maximum absolute atomic E-state index is 10.5. The van der Waals surface area contributed by atoms with Gasteiger partial charge in [0.2, 0.25) is 0 Å². The summed E-state index contributed by atoms with van der Waals surface area (Å²) in [5.41, 5.74) is 0. The molecule has 0 spiro atoms. The van der Waals surface area contributed by atoms with Crippen LogP contribution >= 0.6 is 0 Å². The quantitative estimate of drug-likeness (QED) is 0.732. The Labute approximate surface area is 118 Å². The van der Waals surface area contributed by atoms with Crippen molar-refractivity contribution in [2.75, 3.05) is 14.2 Å². The summed E-state index contributed by atoms with van der Waals surface area (Å²) in [6.07, 6.45) is 2.96. The van der Waals surface area contributed by atoms with Crippen molar-refractivity contribution in [3.63, 3.8) is 0 Å². The van der Waals surface area contributed by atoms with Crippen LogP contribution < -0.4 is 0 Å². The summed E-state index contributed by atoms with van der Waals surface area (Å²) in [5.74, 6) is -0.125. The summed E-state index contributed by atoms with van der Waals surface area (Å²) in [4.78, 5) is 21.0. The molecule has 2 atom stereocenters. The van der Waals surface area contributed by atoms with Crippen LogP contribution in [0.3, 0.4) is 0 Å². The molecule has 4 heteroatoms. The second kappa shape index (κ2) is 16.9. The number of carbonyl (C=O) groups is 2. The Hall–Kier alpha value is -1.06. The topological polar surface area (TPSA) is 52.6 Å². The first-order valence-corrected chi connectivity index (χ1v) is 7.01. The fourth-order valence-corrected chi connectivity index (χ4v) is 0.736. The summed E-state index contributed by atoms with van der Waals surface area (Å²) in [7, 11) is 2.82. The zero-order valence-corrected chi connectivity index (χ0v) is 13.9. The summed E-state index contributed by atoms with van der Waals surface area (Å²) >= 11 is 0. The lowest BCUT2D eigenvalue weighted by molar-refractivity contribution is -0.145. The SMILES string of the molecule is CCC.CCC(C)C(=O)OC.CCC(C)C(=O)OC. The highest BCUT2D eigenvalue weighted by Crippen LogP contribution is 2.01. The molecule has 4 nitrogen and oxygen atoms in total. The fourth-order valence-electron chi connectivity index (χ4n) is 0.736. The zero-order valence-electron chi connectivity index (χ0n) is 13.9. The molecule has 0 aromatic heterocycles. The van der Waals surface area contributed by atoms with E-state index in [-0.39, 0.29) is 23.8 Å². The number of carbonyl (C=O) groups excluding carboxylic acids is 2. The zero-order chi connectivity index (χ0) is 15.8. The molecule has 0 radical (unpaired) electrons. The Morgan fingerprint density at radius 3 is 1.05 bits per heavy atom. The molecule has 0 bridgehead atoms. The Balaban J connectivity index is -0.000000224. The highest BCUT2D eigenvalue weighted by Gasteiger charge is 2.08. The molecule has 0 aliphatic heterocycles. The van der Waals surface area contributed by atoms with E-state index in [1.165, 1.54) is 20.6 Å². The molecule has 0 heterocycles. The first-order chi connectivity index (χ1) is 8.85. The van der Waals surface area contributed by atoms with E-state index in [0.29, 0.717) is 0 Å². The first-order valence-electron chi connectivity index (χ1n) is 7.01. The number of ether oxygens (including phenoxy) is 2. The van der Waals surface area contributed by atoms with Crippen LogP contribution in [0.4, 0.5) is 0 Å². The lowest BCUT2D eigenvalue weighted by Gasteiger charge is -2.02. The van der Waals surface area contributed by atoms with Crippen LogP contribution in [0, 0.1) is 11.8 Å². The molecule has 0 amide bonds. The largest absolute Gasteiger partial charge is 0.469 e. The molecular weight excluding hydrogens is 244 g/mol. The number of methoxy groups -OCH3 is 2. The van der Waals surface area contributed by atoms with Gasteiger partial charge in [0.15, 0.2) is 0 Å². The summed E-state index contributed by atoms with van der Waals surface area (Å²) in [5, 5.41) is 0. The van der Waals surface area contributed by atoms with Crippen molar-refractivity contribution < 1.29 is 19.1 Å². The Kier molecular flexibility index (Phi) is 20.6. The predicted octanol–water partition coefficient (Wildman–Crippen LogP) is 3.83. The molecule has 0 aliphatic rings. The van der Waals surface area contributed by atoms with Gasteiger partial charge >= 0.3 is 11.9 Å². The average Bonchev–Trinajstić information content (AvgIpc) is 2.45. The lowest BCUT2D eigenvalue weighted by atomic mass is 10.1. The van der Waals surface area contributed by atoms with Gasteiger partial charge in [0.1, 0.15) is 0 Å². The Morgan fingerprint density at radius 1 is 0.789 bits per heavy atom. The molecule has 0 saturated carbocycles. The maximum Gasteiger partial charge on any atom is 0.308 e. The second-order valence-electron chi connectivity index (χ2n) is 4.37. The van der Waals surface area contributed by atoms with Crippen molar-refractivity contribution in [3.8, 4) is 0 Å². The number of esters is 2. The molecule has 116 valence electrons. The molecule has 0 rings (SSSR count). The minimum Gasteiger partial charge on any atom is -0.469 e. The molecule has 0 saturated heterocycles. The van der Waals surface area contributed by atoms with Gasteiger partial charge in [-0.3, -0.25) is 9.59 Å². The standard InChI is InChI=1S/2C6H12O2.C3H8/c2*1-4-5(2)6(7)8-3;1-3-2/h2*5H,4H2,1-3H3;3H2,1-2H3. The van der Waals surface area contributed by atoms with Crippen molar-refractivity contribution in [1.29, 1.82) is 0 Å². The second-order valence-corrected chi connectivity index (χ2v) is 4.37. The number of rotatable bonds is 4. The molecule has 0 fully saturated rings. The van der Waals surface area contributed by atoms with Crippen LogP contribution in [0.15, 0.2) is 0 Å². The maximum atomic E-state index is 10.5. The third kappa shape index (κ3) is 16.9. The Bertz CT molecular complexity index is 192. The van der Waals surface area contributed by atoms with E-state index in [2.05, 4.69) is 23.3 Å². The van der Waals surface area contributed by atoms with Crippen molar-refractivity contribution >= 4 is 11.9 Å². The number of hydrogen-bond donors (Lipinski definition) is 0. The van der Waals surface area contributed by atoms with E-state index in [4.69, 9.17) is 0 Å². The molecule has 0 aliphatic carbocycles. The minimum atomic E-state index is -0.118. The van der Waals surface area contributed by atoms with Gasteiger partial charge in [-0.1, -0.05) is 48.0 Å². The predicted molar refractivity (Wildman–Crippen MR) is 78.9 cm³/mol. The smallest absolute Gasteiger partial charge is 0.308 e. The minimum absolute atomic E-state index is 0.0556. The lowest BCUT2D eigenvalue weighted by Crippen LogP contribution is -2.10. The van der Waals surface area contributed by atoms with Crippen molar-refractivity contribution in [2.45, 2.75) is 60.8 Å². The van der Waals surface area contributed by atoms with E-state index in [0.717, 1.165) is 12.8 Å². The van der Waals surface area contributed by atoms with Gasteiger partial charge in [-0.2, -0.15) is 0 Å². The summed E-state index contributed by atoms with van der Waals surface area (Å²) in [6.45, 7) is 11.9. The third-order valence-corrected chi connectivity index (χ3v) is 2.43. The van der Waals surface area contributed by atoms with Gasteiger partial charge in [0, 0.05) is 0 Å². The number of hydrogen-bond acceptors (Lipinski definition) is 4. The van der Waals surface area contributed by atoms with Crippen molar-refractivity contribution in [2.24, 2.45) is 11.8 Å². The van der Waals surface area contributed by atoms with Crippen LogP contribution in [0.1, 0.15) is 60.8 Å². The molecule has 2 unspecified atom stereocenters. The van der Waals surface area contributed by atoms with E-state index in [1.54, 1.807) is 0 Å². The monoisotopic (exact) mass is 276 g/mol. The van der Waals surface area contributed by atoms with E-state index < -0.39 is 0 Å². The molecule has 0 aromatic carbocycles. The van der Waals surface area contributed by atoms with Crippen LogP contribution in [0.2, 0.25) is 0 Å². The van der Waals surface area contributed by atoms with Gasteiger partial charge in [-0.25, -0.2) is 0 Å². The highest BCUT2D eigenvalue weighted by molar-refractivity contribution is 5.71. The van der Waals surface area contributed by atoms with E-state index in [1.807, 2.05) is 27.7 Å². The van der Waals surface area contributed by atoms with Gasteiger partial charge < -0.3 is 9.47 Å². The fraction of sp³-hybridized carbons (Fsp3) is 0.867. The van der Waals surface area contributed by atoms with Gasteiger partial charge in [-0.15, -0.1) is 0 Å². The van der Waals surface area contributed by atoms with Gasteiger partial charge in [-0.05, 0) is 12.8 Å². The molecular formula is C15H32O4. The van der Waals surface area contributed by atoms with Crippen LogP contribution in [-0.4, -0.2) is 26.2 Å². The highest BCUT2D eigenvalue weighted by atomic mass is 16.5. The average molecular weight is 276 g/mol. The van der Waals surface area contributed by atoms with E-state index in [9.17, 15) is 9.59 Å². The third-order valence-electron chi connectivity index (χ3n) is 2.43.